The van der Waals surface area contributed by atoms with Crippen LogP contribution in [0.1, 0.15) is 26.3 Å². The predicted molar refractivity (Wildman–Crippen MR) is 102 cm³/mol. The number of amides is 2. The number of piperazine rings is 1. The lowest BCUT2D eigenvalue weighted by Crippen LogP contribution is -2.50. The van der Waals surface area contributed by atoms with E-state index in [1.807, 2.05) is 0 Å². The van der Waals surface area contributed by atoms with Gasteiger partial charge in [0.1, 0.15) is 12.7 Å². The fourth-order valence-electron chi connectivity index (χ4n) is 3.28. The van der Waals surface area contributed by atoms with E-state index in [9.17, 15) is 22.8 Å². The third kappa shape index (κ3) is 4.39. The van der Waals surface area contributed by atoms with E-state index in [0.29, 0.717) is 11.4 Å². The summed E-state index contributed by atoms with van der Waals surface area (Å²) in [6.45, 7) is 0.999. The number of aromatic nitrogens is 4. The molecule has 3 aromatic rings. The zero-order chi connectivity index (χ0) is 22.0. The van der Waals surface area contributed by atoms with E-state index in [2.05, 4.69) is 15.1 Å². The Bertz CT molecular complexity index is 1080. The Morgan fingerprint density at radius 1 is 0.903 bits per heavy atom. The Morgan fingerprint density at radius 3 is 2.13 bits per heavy atom. The van der Waals surface area contributed by atoms with E-state index in [-0.39, 0.29) is 37.6 Å². The highest BCUT2D eigenvalue weighted by Gasteiger charge is 2.32. The second-order valence-corrected chi connectivity index (χ2v) is 6.91. The van der Waals surface area contributed by atoms with Crippen LogP contribution in [-0.4, -0.2) is 67.5 Å². The molecule has 1 aliphatic rings. The van der Waals surface area contributed by atoms with Crippen molar-refractivity contribution in [2.24, 2.45) is 0 Å². The van der Waals surface area contributed by atoms with Gasteiger partial charge in [-0.25, -0.2) is 14.6 Å². The zero-order valence-corrected chi connectivity index (χ0v) is 16.2. The van der Waals surface area contributed by atoms with Gasteiger partial charge in [0.25, 0.3) is 11.8 Å². The molecular formula is C20H17F3N6O2. The topological polar surface area (TPSA) is 84.2 Å². The monoisotopic (exact) mass is 430 g/mol. The van der Waals surface area contributed by atoms with E-state index in [1.165, 1.54) is 40.6 Å². The quantitative estimate of drug-likeness (QED) is 0.637. The molecule has 160 valence electrons. The van der Waals surface area contributed by atoms with Gasteiger partial charge in [-0.05, 0) is 30.3 Å². The first-order valence-corrected chi connectivity index (χ1v) is 9.40. The molecule has 0 radical (unpaired) electrons. The van der Waals surface area contributed by atoms with Gasteiger partial charge in [-0.3, -0.25) is 9.59 Å². The molecule has 0 N–H and O–H groups in total. The number of alkyl halides is 3. The van der Waals surface area contributed by atoms with Crippen molar-refractivity contribution in [1.82, 2.24) is 29.5 Å². The molecule has 31 heavy (non-hydrogen) atoms. The summed E-state index contributed by atoms with van der Waals surface area (Å²) in [5.41, 5.74) is -0.502. The Morgan fingerprint density at radius 2 is 1.58 bits per heavy atom. The number of rotatable bonds is 3. The highest BCUT2D eigenvalue weighted by molar-refractivity contribution is 5.96. The first kappa shape index (κ1) is 20.5. The van der Waals surface area contributed by atoms with Crippen molar-refractivity contribution in [3.63, 3.8) is 0 Å². The van der Waals surface area contributed by atoms with Crippen molar-refractivity contribution >= 4 is 11.8 Å². The summed E-state index contributed by atoms with van der Waals surface area (Å²) in [6, 6.07) is 7.63. The van der Waals surface area contributed by atoms with E-state index >= 15 is 0 Å². The number of pyridine rings is 1. The molecule has 2 amide bonds. The van der Waals surface area contributed by atoms with E-state index in [1.54, 1.807) is 17.0 Å². The third-order valence-electron chi connectivity index (χ3n) is 4.94. The Balaban J connectivity index is 1.38. The number of halogens is 3. The van der Waals surface area contributed by atoms with Gasteiger partial charge in [0.05, 0.1) is 11.1 Å². The first-order valence-electron chi connectivity index (χ1n) is 9.40. The van der Waals surface area contributed by atoms with E-state index in [4.69, 9.17) is 0 Å². The van der Waals surface area contributed by atoms with Crippen LogP contribution in [0.4, 0.5) is 13.2 Å². The van der Waals surface area contributed by atoms with Gasteiger partial charge < -0.3 is 9.80 Å². The van der Waals surface area contributed by atoms with Gasteiger partial charge in [-0.15, -0.1) is 0 Å². The van der Waals surface area contributed by atoms with Gasteiger partial charge in [0.15, 0.2) is 5.82 Å². The lowest BCUT2D eigenvalue weighted by molar-refractivity contribution is -0.137. The van der Waals surface area contributed by atoms with Crippen LogP contribution in [-0.2, 0) is 6.18 Å². The second-order valence-electron chi connectivity index (χ2n) is 6.91. The Kier molecular flexibility index (Phi) is 5.40. The molecule has 1 fully saturated rings. The van der Waals surface area contributed by atoms with Crippen molar-refractivity contribution in [3.8, 4) is 5.82 Å². The first-order chi connectivity index (χ1) is 14.8. The van der Waals surface area contributed by atoms with Crippen LogP contribution in [0.15, 0.2) is 55.2 Å². The minimum Gasteiger partial charge on any atom is -0.335 e. The maximum absolute atomic E-state index is 12.9. The number of nitrogens with zero attached hydrogens (tertiary/aromatic N) is 6. The number of hydrogen-bond acceptors (Lipinski definition) is 5. The molecule has 1 aliphatic heterocycles. The van der Waals surface area contributed by atoms with Crippen LogP contribution in [0.5, 0.6) is 0 Å². The molecule has 0 saturated carbocycles. The lowest BCUT2D eigenvalue weighted by Gasteiger charge is -2.35. The molecule has 0 bridgehead atoms. The summed E-state index contributed by atoms with van der Waals surface area (Å²) in [4.78, 5) is 36.4. The number of carbonyl (C=O) groups is 2. The summed E-state index contributed by atoms with van der Waals surface area (Å²) >= 11 is 0. The van der Waals surface area contributed by atoms with Crippen LogP contribution < -0.4 is 0 Å². The molecule has 1 aromatic carbocycles. The fraction of sp³-hybridized carbons (Fsp3) is 0.250. The SMILES string of the molecule is O=C(c1ccc(-n2cncn2)nc1)N1CCN(C(=O)c2cccc(C(F)(F)F)c2)CC1. The number of carbonyl (C=O) groups excluding carboxylic acids is 2. The standard InChI is InChI=1S/C20H17F3N6O2/c21-20(22,23)16-3-1-2-14(10-16)18(30)27-6-8-28(9-7-27)19(31)15-4-5-17(25-11-15)29-13-24-12-26-29/h1-5,10-13H,6-9H2. The highest BCUT2D eigenvalue weighted by atomic mass is 19.4. The second kappa shape index (κ2) is 8.17. The third-order valence-corrected chi connectivity index (χ3v) is 4.94. The Hall–Kier alpha value is -3.76. The van der Waals surface area contributed by atoms with Crippen molar-refractivity contribution < 1.29 is 22.8 Å². The number of benzene rings is 1. The van der Waals surface area contributed by atoms with E-state index < -0.39 is 17.6 Å². The fourth-order valence-corrected chi connectivity index (χ4v) is 3.28. The molecule has 0 spiro atoms. The Labute approximate surface area is 174 Å². The van der Waals surface area contributed by atoms with Gasteiger partial charge >= 0.3 is 6.18 Å². The minimum absolute atomic E-state index is 0.0255. The van der Waals surface area contributed by atoms with Gasteiger partial charge in [0.2, 0.25) is 0 Å². The molecule has 1 saturated heterocycles. The normalized spacial score (nSPS) is 14.5. The molecule has 0 atom stereocenters. The highest BCUT2D eigenvalue weighted by Crippen LogP contribution is 2.29. The minimum atomic E-state index is -4.51. The summed E-state index contributed by atoms with van der Waals surface area (Å²) in [5, 5.41) is 3.97. The number of hydrogen-bond donors (Lipinski definition) is 0. The largest absolute Gasteiger partial charge is 0.416 e. The molecule has 8 nitrogen and oxygen atoms in total. The lowest BCUT2D eigenvalue weighted by atomic mass is 10.1. The maximum atomic E-state index is 12.9. The van der Waals surface area contributed by atoms with Crippen LogP contribution in [0.25, 0.3) is 5.82 Å². The summed E-state index contributed by atoms with van der Waals surface area (Å²) in [7, 11) is 0. The van der Waals surface area contributed by atoms with Crippen molar-refractivity contribution in [2.75, 3.05) is 26.2 Å². The average molecular weight is 430 g/mol. The van der Waals surface area contributed by atoms with Gasteiger partial charge in [-0.2, -0.15) is 18.3 Å². The molecule has 2 aromatic heterocycles. The van der Waals surface area contributed by atoms with Crippen LogP contribution in [0.2, 0.25) is 0 Å². The van der Waals surface area contributed by atoms with Crippen LogP contribution >= 0.6 is 0 Å². The molecule has 4 rings (SSSR count). The molecule has 11 heteroatoms. The molecule has 0 aliphatic carbocycles. The van der Waals surface area contributed by atoms with Crippen molar-refractivity contribution in [1.29, 1.82) is 0 Å². The smallest absolute Gasteiger partial charge is 0.335 e. The van der Waals surface area contributed by atoms with E-state index in [0.717, 1.165) is 12.1 Å². The van der Waals surface area contributed by atoms with Crippen molar-refractivity contribution in [3.05, 3.63) is 71.9 Å². The molecule has 0 unspecified atom stereocenters. The summed E-state index contributed by atoms with van der Waals surface area (Å²) in [6.07, 6.45) is -0.205. The summed E-state index contributed by atoms with van der Waals surface area (Å²) in [5.74, 6) is -0.202. The molecular weight excluding hydrogens is 413 g/mol. The van der Waals surface area contributed by atoms with Crippen molar-refractivity contribution in [2.45, 2.75) is 6.18 Å². The van der Waals surface area contributed by atoms with Gasteiger partial charge in [-0.1, -0.05) is 6.07 Å². The average Bonchev–Trinajstić information content (AvgIpc) is 3.33. The maximum Gasteiger partial charge on any atom is 0.416 e. The predicted octanol–water partition coefficient (Wildman–Crippen LogP) is 2.28. The van der Waals surface area contributed by atoms with Crippen LogP contribution in [0, 0.1) is 0 Å². The molecule has 3 heterocycles. The zero-order valence-electron chi connectivity index (χ0n) is 16.2. The van der Waals surface area contributed by atoms with Crippen LogP contribution in [0.3, 0.4) is 0 Å². The van der Waals surface area contributed by atoms with Gasteiger partial charge in [0, 0.05) is 37.9 Å². The summed E-state index contributed by atoms with van der Waals surface area (Å²) < 4.78 is 40.2.